The summed E-state index contributed by atoms with van der Waals surface area (Å²) in [6, 6.07) is 8.12. The molecule has 0 saturated heterocycles. The Morgan fingerprint density at radius 1 is 1.10 bits per heavy atom. The van der Waals surface area contributed by atoms with Crippen LogP contribution in [-0.2, 0) is 9.59 Å². The fourth-order valence-corrected chi connectivity index (χ4v) is 4.77. The summed E-state index contributed by atoms with van der Waals surface area (Å²) in [7, 11) is 0. The summed E-state index contributed by atoms with van der Waals surface area (Å²) < 4.78 is 40.7. The van der Waals surface area contributed by atoms with Crippen molar-refractivity contribution >= 4 is 28.8 Å². The lowest BCUT2D eigenvalue weighted by Gasteiger charge is -2.33. The number of nitrogens with one attached hydrogen (secondary N) is 1. The third-order valence-corrected chi connectivity index (χ3v) is 6.28. The van der Waals surface area contributed by atoms with Crippen molar-refractivity contribution in [2.75, 3.05) is 4.90 Å². The van der Waals surface area contributed by atoms with Crippen LogP contribution in [0.15, 0.2) is 36.4 Å². The average molecular weight is 439 g/mol. The van der Waals surface area contributed by atoms with Gasteiger partial charge in [0.2, 0.25) is 5.91 Å². The molecule has 0 aliphatic heterocycles. The largest absolute Gasteiger partial charge is 0.471 e. The van der Waals surface area contributed by atoms with E-state index in [1.807, 2.05) is 6.92 Å². The van der Waals surface area contributed by atoms with Crippen molar-refractivity contribution in [3.05, 3.63) is 51.7 Å². The van der Waals surface area contributed by atoms with E-state index >= 15 is 0 Å². The molecule has 3 rings (SSSR count). The van der Waals surface area contributed by atoms with Crippen LogP contribution in [0, 0.1) is 13.8 Å². The molecule has 1 atom stereocenters. The summed E-state index contributed by atoms with van der Waals surface area (Å²) in [6.07, 6.45) is -0.506. The van der Waals surface area contributed by atoms with Gasteiger partial charge in [0, 0.05) is 21.5 Å². The molecule has 162 valence electrons. The lowest BCUT2D eigenvalue weighted by atomic mass is 9.95. The van der Waals surface area contributed by atoms with Gasteiger partial charge in [0.25, 0.3) is 0 Å². The van der Waals surface area contributed by atoms with Crippen molar-refractivity contribution in [1.82, 2.24) is 5.32 Å². The first kappa shape index (κ1) is 22.3. The smallest absolute Gasteiger partial charge is 0.351 e. The highest BCUT2D eigenvalue weighted by atomic mass is 32.1. The number of thiophene rings is 1. The highest BCUT2D eigenvalue weighted by molar-refractivity contribution is 7.12. The lowest BCUT2D eigenvalue weighted by molar-refractivity contribution is -0.171. The van der Waals surface area contributed by atoms with Gasteiger partial charge >= 0.3 is 12.1 Å². The van der Waals surface area contributed by atoms with E-state index < -0.39 is 24.0 Å². The number of aryl methyl sites for hydroxylation is 2. The maximum atomic E-state index is 13.6. The van der Waals surface area contributed by atoms with E-state index in [0.29, 0.717) is 15.3 Å². The van der Waals surface area contributed by atoms with Crippen molar-refractivity contribution in [3.8, 4) is 0 Å². The minimum absolute atomic E-state index is 0.0483. The van der Waals surface area contributed by atoms with E-state index in [0.717, 1.165) is 37.0 Å². The lowest BCUT2D eigenvalue weighted by Crippen LogP contribution is -2.50. The van der Waals surface area contributed by atoms with Crippen LogP contribution in [0.1, 0.15) is 53.5 Å². The molecule has 2 amide bonds. The molecule has 0 radical (unpaired) electrons. The first-order valence-corrected chi connectivity index (χ1v) is 10.8. The minimum Gasteiger partial charge on any atom is -0.351 e. The van der Waals surface area contributed by atoms with Gasteiger partial charge in [-0.2, -0.15) is 13.2 Å². The van der Waals surface area contributed by atoms with Crippen LogP contribution in [0.3, 0.4) is 0 Å². The van der Waals surface area contributed by atoms with E-state index in [4.69, 9.17) is 0 Å². The molecule has 0 spiro atoms. The summed E-state index contributed by atoms with van der Waals surface area (Å²) in [4.78, 5) is 27.7. The Morgan fingerprint density at radius 3 is 2.37 bits per heavy atom. The summed E-state index contributed by atoms with van der Waals surface area (Å²) >= 11 is 1.22. The normalized spacial score (nSPS) is 16.2. The molecule has 1 aliphatic carbocycles. The second-order valence-electron chi connectivity index (χ2n) is 7.71. The number of benzene rings is 1. The zero-order valence-electron chi connectivity index (χ0n) is 17.0. The van der Waals surface area contributed by atoms with Gasteiger partial charge in [-0.15, -0.1) is 11.3 Å². The number of nitrogens with zero attached hydrogens (tertiary/aromatic N) is 1. The van der Waals surface area contributed by atoms with Crippen LogP contribution in [-0.4, -0.2) is 24.0 Å². The molecular formula is C22H25F3N2O2S. The Balaban J connectivity index is 2.06. The van der Waals surface area contributed by atoms with Crippen LogP contribution in [0.4, 0.5) is 18.9 Å². The SMILES string of the molecule is Cc1cccc(N(C(=O)C(F)(F)F)[C@H](C(=O)NC2CCCCC2)c2ccc(C)s2)c1. The fourth-order valence-electron chi connectivity index (χ4n) is 3.80. The Bertz CT molecular complexity index is 904. The number of halogens is 3. The summed E-state index contributed by atoms with van der Waals surface area (Å²) in [5, 5.41) is 2.90. The molecule has 8 heteroatoms. The highest BCUT2D eigenvalue weighted by Gasteiger charge is 2.48. The quantitative estimate of drug-likeness (QED) is 0.675. The van der Waals surface area contributed by atoms with E-state index in [1.54, 1.807) is 31.2 Å². The van der Waals surface area contributed by atoms with E-state index in [9.17, 15) is 22.8 Å². The van der Waals surface area contributed by atoms with Crippen molar-refractivity contribution < 1.29 is 22.8 Å². The molecule has 1 aromatic carbocycles. The molecule has 1 saturated carbocycles. The Labute approximate surface area is 178 Å². The maximum absolute atomic E-state index is 13.6. The molecule has 4 nitrogen and oxygen atoms in total. The molecule has 2 aromatic rings. The van der Waals surface area contributed by atoms with E-state index in [2.05, 4.69) is 5.32 Å². The number of alkyl halides is 3. The van der Waals surface area contributed by atoms with Gasteiger partial charge in [0.15, 0.2) is 6.04 Å². The second kappa shape index (κ2) is 9.20. The van der Waals surface area contributed by atoms with Crippen molar-refractivity contribution in [3.63, 3.8) is 0 Å². The van der Waals surface area contributed by atoms with Crippen molar-refractivity contribution in [1.29, 1.82) is 0 Å². The van der Waals surface area contributed by atoms with Gasteiger partial charge in [-0.1, -0.05) is 31.4 Å². The van der Waals surface area contributed by atoms with Gasteiger partial charge < -0.3 is 5.32 Å². The van der Waals surface area contributed by atoms with Crippen molar-refractivity contribution in [2.24, 2.45) is 0 Å². The molecule has 0 bridgehead atoms. The third-order valence-electron chi connectivity index (χ3n) is 5.23. The fraction of sp³-hybridized carbons (Fsp3) is 0.455. The average Bonchev–Trinajstić information content (AvgIpc) is 3.11. The maximum Gasteiger partial charge on any atom is 0.471 e. The summed E-state index contributed by atoms with van der Waals surface area (Å²) in [5.41, 5.74) is 0.744. The number of hydrogen-bond donors (Lipinski definition) is 1. The molecule has 0 unspecified atom stereocenters. The third kappa shape index (κ3) is 5.22. The predicted molar refractivity (Wildman–Crippen MR) is 112 cm³/mol. The van der Waals surface area contributed by atoms with E-state index in [1.165, 1.54) is 23.5 Å². The van der Waals surface area contributed by atoms with Crippen molar-refractivity contribution in [2.45, 2.75) is 64.2 Å². The molecule has 1 aliphatic rings. The Kier molecular flexibility index (Phi) is 6.85. The zero-order chi connectivity index (χ0) is 21.9. The second-order valence-corrected chi connectivity index (χ2v) is 9.03. The van der Waals surface area contributed by atoms with E-state index in [-0.39, 0.29) is 11.7 Å². The number of hydrogen-bond acceptors (Lipinski definition) is 3. The topological polar surface area (TPSA) is 49.4 Å². The van der Waals surface area contributed by atoms with Gasteiger partial charge in [-0.3, -0.25) is 14.5 Å². The Morgan fingerprint density at radius 2 is 1.80 bits per heavy atom. The molecule has 1 N–H and O–H groups in total. The molecular weight excluding hydrogens is 413 g/mol. The van der Waals surface area contributed by atoms with Gasteiger partial charge in [-0.25, -0.2) is 0 Å². The van der Waals surface area contributed by atoms with Crippen LogP contribution in [0.2, 0.25) is 0 Å². The Hall–Kier alpha value is -2.35. The number of carbonyl (C=O) groups is 2. The molecule has 30 heavy (non-hydrogen) atoms. The first-order valence-electron chi connectivity index (χ1n) is 10.0. The number of rotatable bonds is 5. The molecule has 1 fully saturated rings. The van der Waals surface area contributed by atoms with Gasteiger partial charge in [0.05, 0.1) is 0 Å². The standard InChI is InChI=1S/C22H25F3N2O2S/c1-14-7-6-10-17(13-14)27(21(29)22(23,24)25)19(18-12-11-15(2)30-18)20(28)26-16-8-4-3-5-9-16/h6-7,10-13,16,19H,3-5,8-9H2,1-2H3,(H,26,28)/t19-/m0/s1. The first-order chi connectivity index (χ1) is 14.2. The molecule has 1 heterocycles. The van der Waals surface area contributed by atoms with Gasteiger partial charge in [-0.05, 0) is 56.5 Å². The highest BCUT2D eigenvalue weighted by Crippen LogP contribution is 2.36. The summed E-state index contributed by atoms with van der Waals surface area (Å²) in [6.45, 7) is 3.54. The van der Waals surface area contributed by atoms with Crippen LogP contribution in [0.25, 0.3) is 0 Å². The number of anilines is 1. The zero-order valence-corrected chi connectivity index (χ0v) is 17.8. The monoisotopic (exact) mass is 438 g/mol. The predicted octanol–water partition coefficient (Wildman–Crippen LogP) is 5.45. The van der Waals surface area contributed by atoms with Crippen LogP contribution in [0.5, 0.6) is 0 Å². The molecule has 1 aromatic heterocycles. The minimum atomic E-state index is -5.11. The number of carbonyl (C=O) groups excluding carboxylic acids is 2. The number of amides is 2. The van der Waals surface area contributed by atoms with Crippen LogP contribution < -0.4 is 10.2 Å². The van der Waals surface area contributed by atoms with Gasteiger partial charge in [0.1, 0.15) is 0 Å². The van der Waals surface area contributed by atoms with Crippen LogP contribution >= 0.6 is 11.3 Å². The summed E-state index contributed by atoms with van der Waals surface area (Å²) in [5.74, 6) is -2.63.